The van der Waals surface area contributed by atoms with Crippen LogP contribution >= 0.6 is 0 Å². The van der Waals surface area contributed by atoms with Crippen molar-refractivity contribution in [2.24, 2.45) is 0 Å². The minimum absolute atomic E-state index is 0.568. The van der Waals surface area contributed by atoms with Gasteiger partial charge in [-0.1, -0.05) is 6.92 Å². The van der Waals surface area contributed by atoms with Gasteiger partial charge in [0, 0.05) is 43.5 Å². The molecule has 0 saturated carbocycles. The Hall–Kier alpha value is -1.75. The molecule has 3 heterocycles. The van der Waals surface area contributed by atoms with E-state index in [1.807, 2.05) is 18.5 Å². The molecule has 1 aliphatic rings. The average Bonchev–Trinajstić information content (AvgIpc) is 3.02. The van der Waals surface area contributed by atoms with Gasteiger partial charge in [-0.15, -0.1) is 0 Å². The van der Waals surface area contributed by atoms with Crippen LogP contribution in [0.3, 0.4) is 0 Å². The van der Waals surface area contributed by atoms with Gasteiger partial charge in [0.25, 0.3) is 0 Å². The zero-order valence-corrected chi connectivity index (χ0v) is 11.9. The minimum atomic E-state index is 0.568. The maximum atomic E-state index is 4.60. The predicted molar refractivity (Wildman–Crippen MR) is 77.2 cm³/mol. The normalized spacial score (nSPS) is 20.1. The van der Waals surface area contributed by atoms with E-state index < -0.39 is 0 Å². The molecule has 0 radical (unpaired) electrons. The van der Waals surface area contributed by atoms with E-state index in [2.05, 4.69) is 38.1 Å². The van der Waals surface area contributed by atoms with Crippen LogP contribution in [0.15, 0.2) is 24.5 Å². The molecule has 2 aromatic rings. The maximum Gasteiger partial charge on any atom is 0.128 e. The highest BCUT2D eigenvalue weighted by Gasteiger charge is 2.22. The topological polar surface area (TPSA) is 57.7 Å². The molecule has 1 atom stereocenters. The van der Waals surface area contributed by atoms with Crippen LogP contribution in [-0.4, -0.2) is 38.2 Å². The molecule has 1 saturated heterocycles. The molecule has 1 aliphatic heterocycles. The summed E-state index contributed by atoms with van der Waals surface area (Å²) in [6.45, 7) is 5.23. The van der Waals surface area contributed by atoms with Crippen molar-refractivity contribution < 1.29 is 0 Å². The number of likely N-dealkylation sites (tertiary alicyclic amines) is 1. The van der Waals surface area contributed by atoms with Gasteiger partial charge in [0.15, 0.2) is 0 Å². The SMILES string of the molecule is CCc1nccc(CN2CCC[C@H](c3ccn[nH]3)C2)n1. The predicted octanol–water partition coefficient (Wildman–Crippen LogP) is 2.14. The Bertz CT molecular complexity index is 537. The van der Waals surface area contributed by atoms with Crippen molar-refractivity contribution in [2.45, 2.75) is 38.6 Å². The number of rotatable bonds is 4. The summed E-state index contributed by atoms with van der Waals surface area (Å²) in [5, 5.41) is 7.17. The number of hydrogen-bond donors (Lipinski definition) is 1. The van der Waals surface area contributed by atoms with Crippen molar-refractivity contribution in [1.29, 1.82) is 0 Å². The molecule has 0 amide bonds. The molecule has 106 valence electrons. The van der Waals surface area contributed by atoms with Crippen molar-refractivity contribution in [3.63, 3.8) is 0 Å². The summed E-state index contributed by atoms with van der Waals surface area (Å²) in [7, 11) is 0. The van der Waals surface area contributed by atoms with Gasteiger partial charge < -0.3 is 0 Å². The fourth-order valence-electron chi connectivity index (χ4n) is 2.88. The molecule has 0 aliphatic carbocycles. The quantitative estimate of drug-likeness (QED) is 0.925. The number of piperidine rings is 1. The van der Waals surface area contributed by atoms with Gasteiger partial charge >= 0.3 is 0 Å². The highest BCUT2D eigenvalue weighted by Crippen LogP contribution is 2.25. The van der Waals surface area contributed by atoms with E-state index in [9.17, 15) is 0 Å². The van der Waals surface area contributed by atoms with Crippen molar-refractivity contribution in [2.75, 3.05) is 13.1 Å². The number of aromatic amines is 1. The van der Waals surface area contributed by atoms with Gasteiger partial charge in [-0.2, -0.15) is 5.10 Å². The number of aryl methyl sites for hydroxylation is 1. The zero-order chi connectivity index (χ0) is 13.8. The molecule has 1 N–H and O–H groups in total. The Kier molecular flexibility index (Phi) is 4.06. The van der Waals surface area contributed by atoms with E-state index in [0.717, 1.165) is 37.6 Å². The molecule has 2 aromatic heterocycles. The zero-order valence-electron chi connectivity index (χ0n) is 11.9. The first kappa shape index (κ1) is 13.2. The third-order valence-electron chi connectivity index (χ3n) is 3.93. The Morgan fingerprint density at radius 3 is 3.10 bits per heavy atom. The summed E-state index contributed by atoms with van der Waals surface area (Å²) in [4.78, 5) is 11.3. The average molecular weight is 271 g/mol. The lowest BCUT2D eigenvalue weighted by molar-refractivity contribution is 0.196. The van der Waals surface area contributed by atoms with Crippen molar-refractivity contribution in [3.05, 3.63) is 41.7 Å². The first-order valence-electron chi connectivity index (χ1n) is 7.37. The maximum absolute atomic E-state index is 4.60. The van der Waals surface area contributed by atoms with Crippen molar-refractivity contribution >= 4 is 0 Å². The van der Waals surface area contributed by atoms with Crippen LogP contribution < -0.4 is 0 Å². The fourth-order valence-corrected chi connectivity index (χ4v) is 2.88. The van der Waals surface area contributed by atoms with Crippen LogP contribution in [0.25, 0.3) is 0 Å². The molecule has 1 fully saturated rings. The first-order chi connectivity index (χ1) is 9.85. The van der Waals surface area contributed by atoms with E-state index >= 15 is 0 Å². The van der Waals surface area contributed by atoms with Crippen molar-refractivity contribution in [3.8, 4) is 0 Å². The summed E-state index contributed by atoms with van der Waals surface area (Å²) in [6, 6.07) is 4.12. The Morgan fingerprint density at radius 2 is 2.30 bits per heavy atom. The first-order valence-corrected chi connectivity index (χ1v) is 7.37. The van der Waals surface area contributed by atoms with Crippen LogP contribution in [0.1, 0.15) is 42.9 Å². The van der Waals surface area contributed by atoms with Gasteiger partial charge in [-0.05, 0) is 31.5 Å². The van der Waals surface area contributed by atoms with Crippen molar-refractivity contribution in [1.82, 2.24) is 25.1 Å². The van der Waals surface area contributed by atoms with Gasteiger partial charge in [-0.25, -0.2) is 9.97 Å². The molecule has 0 bridgehead atoms. The van der Waals surface area contributed by atoms with Gasteiger partial charge in [-0.3, -0.25) is 10.00 Å². The second-order valence-electron chi connectivity index (χ2n) is 5.40. The second-order valence-corrected chi connectivity index (χ2v) is 5.40. The lowest BCUT2D eigenvalue weighted by Crippen LogP contribution is -2.34. The number of nitrogens with zero attached hydrogens (tertiary/aromatic N) is 4. The third kappa shape index (κ3) is 3.04. The van der Waals surface area contributed by atoms with E-state index in [0.29, 0.717) is 5.92 Å². The van der Waals surface area contributed by atoms with Gasteiger partial charge in [0.1, 0.15) is 5.82 Å². The standard InChI is InChI=1S/C15H21N5/c1-2-15-16-7-5-13(18-15)11-20-9-3-4-12(10-20)14-6-8-17-19-14/h5-8,12H,2-4,9-11H2,1H3,(H,17,19)/t12-/m0/s1. The van der Waals surface area contributed by atoms with Crippen LogP contribution in [0, 0.1) is 0 Å². The summed E-state index contributed by atoms with van der Waals surface area (Å²) in [5.41, 5.74) is 2.38. The minimum Gasteiger partial charge on any atom is -0.297 e. The highest BCUT2D eigenvalue weighted by molar-refractivity contribution is 5.08. The highest BCUT2D eigenvalue weighted by atomic mass is 15.2. The molecule has 3 rings (SSSR count). The monoisotopic (exact) mass is 271 g/mol. The molecular formula is C15H21N5. The second kappa shape index (κ2) is 6.13. The summed E-state index contributed by atoms with van der Waals surface area (Å²) >= 11 is 0. The molecule has 0 unspecified atom stereocenters. The lowest BCUT2D eigenvalue weighted by atomic mass is 9.95. The van der Waals surface area contributed by atoms with Gasteiger partial charge in [0.05, 0.1) is 5.69 Å². The van der Waals surface area contributed by atoms with E-state index in [-0.39, 0.29) is 0 Å². The van der Waals surface area contributed by atoms with E-state index in [1.54, 1.807) is 0 Å². The van der Waals surface area contributed by atoms with Crippen LogP contribution in [0.5, 0.6) is 0 Å². The number of nitrogens with one attached hydrogen (secondary N) is 1. The van der Waals surface area contributed by atoms with Crippen LogP contribution in [0.4, 0.5) is 0 Å². The van der Waals surface area contributed by atoms with Gasteiger partial charge in [0.2, 0.25) is 0 Å². The van der Waals surface area contributed by atoms with Crippen LogP contribution in [-0.2, 0) is 13.0 Å². The Balaban J connectivity index is 1.65. The third-order valence-corrected chi connectivity index (χ3v) is 3.93. The summed E-state index contributed by atoms with van der Waals surface area (Å²) in [6.07, 6.45) is 7.08. The molecule has 5 heteroatoms. The molecule has 20 heavy (non-hydrogen) atoms. The van der Waals surface area contributed by atoms with E-state index in [1.165, 1.54) is 18.5 Å². The Morgan fingerprint density at radius 1 is 1.35 bits per heavy atom. The van der Waals surface area contributed by atoms with Crippen LogP contribution in [0.2, 0.25) is 0 Å². The summed E-state index contributed by atoms with van der Waals surface area (Å²) in [5.74, 6) is 1.50. The smallest absolute Gasteiger partial charge is 0.128 e. The number of aromatic nitrogens is 4. The molecule has 0 spiro atoms. The number of hydrogen-bond acceptors (Lipinski definition) is 4. The Labute approximate surface area is 119 Å². The molecular weight excluding hydrogens is 250 g/mol. The molecule has 0 aromatic carbocycles. The van der Waals surface area contributed by atoms with E-state index in [4.69, 9.17) is 0 Å². The summed E-state index contributed by atoms with van der Waals surface area (Å²) < 4.78 is 0. The molecule has 5 nitrogen and oxygen atoms in total. The fraction of sp³-hybridized carbons (Fsp3) is 0.533. The lowest BCUT2D eigenvalue weighted by Gasteiger charge is -2.31. The number of H-pyrrole nitrogens is 1. The largest absolute Gasteiger partial charge is 0.297 e.